The smallest absolute Gasteiger partial charge is 0.336 e. The van der Waals surface area contributed by atoms with E-state index in [2.05, 4.69) is 10.1 Å². The van der Waals surface area contributed by atoms with E-state index in [1.165, 1.54) is 12.4 Å². The Bertz CT molecular complexity index is 701. The number of rotatable bonds is 2. The minimum absolute atomic E-state index is 0.338. The fourth-order valence-corrected chi connectivity index (χ4v) is 1.70. The molecular formula is C12H9N3O2. The van der Waals surface area contributed by atoms with Crippen LogP contribution in [0.2, 0.25) is 0 Å². The molecule has 0 spiro atoms. The first-order chi connectivity index (χ1) is 8.31. The molecule has 2 aromatic heterocycles. The molecule has 5 nitrogen and oxygen atoms in total. The van der Waals surface area contributed by atoms with Crippen LogP contribution in [0.3, 0.4) is 0 Å². The highest BCUT2D eigenvalue weighted by molar-refractivity contribution is 5.76. The summed E-state index contributed by atoms with van der Waals surface area (Å²) in [5.74, 6) is 0. The van der Waals surface area contributed by atoms with Crippen LogP contribution in [0.25, 0.3) is 11.0 Å². The lowest BCUT2D eigenvalue weighted by Crippen LogP contribution is -2.00. The van der Waals surface area contributed by atoms with Gasteiger partial charge >= 0.3 is 5.63 Å². The molecule has 2 heterocycles. The van der Waals surface area contributed by atoms with Gasteiger partial charge < -0.3 is 4.42 Å². The van der Waals surface area contributed by atoms with Crippen LogP contribution >= 0.6 is 0 Å². The molecule has 0 aliphatic heterocycles. The molecule has 0 aliphatic rings. The average Bonchev–Trinajstić information content (AvgIpc) is 2.81. The standard InChI is InChI=1S/C12H9N3O2/c16-12-4-3-10-2-1-9(5-11(10)17-12)6-15-8-13-7-14-15/h1-5,7-8H,6H2. The molecule has 3 rings (SSSR count). The Kier molecular flexibility index (Phi) is 2.22. The topological polar surface area (TPSA) is 60.9 Å². The molecule has 84 valence electrons. The normalized spacial score (nSPS) is 10.8. The molecule has 0 amide bonds. The lowest BCUT2D eigenvalue weighted by atomic mass is 10.1. The maximum absolute atomic E-state index is 11.1. The number of hydrogen-bond acceptors (Lipinski definition) is 4. The van der Waals surface area contributed by atoms with E-state index in [4.69, 9.17) is 4.42 Å². The maximum Gasteiger partial charge on any atom is 0.336 e. The largest absolute Gasteiger partial charge is 0.423 e. The van der Waals surface area contributed by atoms with Crippen molar-refractivity contribution in [3.05, 3.63) is 59.0 Å². The zero-order valence-corrected chi connectivity index (χ0v) is 8.91. The minimum Gasteiger partial charge on any atom is -0.423 e. The third-order valence-electron chi connectivity index (χ3n) is 2.50. The fourth-order valence-electron chi connectivity index (χ4n) is 1.70. The molecule has 0 unspecified atom stereocenters. The lowest BCUT2D eigenvalue weighted by Gasteiger charge is -2.02. The molecule has 0 saturated carbocycles. The van der Waals surface area contributed by atoms with Crippen LogP contribution in [0.15, 0.2) is 52.2 Å². The molecule has 0 radical (unpaired) electrons. The van der Waals surface area contributed by atoms with E-state index in [0.717, 1.165) is 10.9 Å². The van der Waals surface area contributed by atoms with Gasteiger partial charge in [-0.1, -0.05) is 12.1 Å². The van der Waals surface area contributed by atoms with Crippen LogP contribution < -0.4 is 5.63 Å². The van der Waals surface area contributed by atoms with Crippen LogP contribution in [0.4, 0.5) is 0 Å². The molecule has 0 atom stereocenters. The highest BCUT2D eigenvalue weighted by Crippen LogP contribution is 2.14. The molecule has 0 N–H and O–H groups in total. The van der Waals surface area contributed by atoms with E-state index < -0.39 is 0 Å². The summed E-state index contributed by atoms with van der Waals surface area (Å²) < 4.78 is 6.83. The Balaban J connectivity index is 2.04. The van der Waals surface area contributed by atoms with Crippen LogP contribution in [-0.4, -0.2) is 14.8 Å². The molecule has 0 aliphatic carbocycles. The molecule has 0 bridgehead atoms. The van der Waals surface area contributed by atoms with Gasteiger partial charge in [0.1, 0.15) is 18.2 Å². The van der Waals surface area contributed by atoms with Crippen LogP contribution in [0, 0.1) is 0 Å². The van der Waals surface area contributed by atoms with Gasteiger partial charge in [-0.3, -0.25) is 0 Å². The van der Waals surface area contributed by atoms with Crippen molar-refractivity contribution in [2.75, 3.05) is 0 Å². The quantitative estimate of drug-likeness (QED) is 0.621. The summed E-state index contributed by atoms with van der Waals surface area (Å²) in [4.78, 5) is 15.0. The highest BCUT2D eigenvalue weighted by atomic mass is 16.4. The molecule has 1 aromatic carbocycles. The van der Waals surface area contributed by atoms with Gasteiger partial charge in [0.05, 0.1) is 6.54 Å². The number of fused-ring (bicyclic) bond motifs is 1. The summed E-state index contributed by atoms with van der Waals surface area (Å²) in [6.45, 7) is 0.606. The second kappa shape index (κ2) is 3.86. The molecule has 0 fully saturated rings. The first kappa shape index (κ1) is 9.77. The predicted molar refractivity (Wildman–Crippen MR) is 61.6 cm³/mol. The van der Waals surface area contributed by atoms with Crippen molar-refractivity contribution < 1.29 is 4.42 Å². The Morgan fingerprint density at radius 2 is 2.12 bits per heavy atom. The molecule has 3 aromatic rings. The van der Waals surface area contributed by atoms with Gasteiger partial charge in [-0.25, -0.2) is 14.5 Å². The third kappa shape index (κ3) is 1.94. The molecule has 17 heavy (non-hydrogen) atoms. The SMILES string of the molecule is O=c1ccc2ccc(Cn3cncn3)cc2o1. The van der Waals surface area contributed by atoms with E-state index in [0.29, 0.717) is 12.1 Å². The van der Waals surface area contributed by atoms with Gasteiger partial charge in [0.25, 0.3) is 0 Å². The third-order valence-corrected chi connectivity index (χ3v) is 2.50. The summed E-state index contributed by atoms with van der Waals surface area (Å²) in [5.41, 5.74) is 1.27. The van der Waals surface area contributed by atoms with Gasteiger partial charge in [-0.05, 0) is 17.7 Å². The van der Waals surface area contributed by atoms with Crippen molar-refractivity contribution in [2.45, 2.75) is 6.54 Å². The van der Waals surface area contributed by atoms with Crippen molar-refractivity contribution in [2.24, 2.45) is 0 Å². The van der Waals surface area contributed by atoms with E-state index in [9.17, 15) is 4.79 Å². The summed E-state index contributed by atoms with van der Waals surface area (Å²) in [7, 11) is 0. The Hall–Kier alpha value is -2.43. The summed E-state index contributed by atoms with van der Waals surface area (Å²) in [5, 5.41) is 4.93. The first-order valence-corrected chi connectivity index (χ1v) is 5.16. The maximum atomic E-state index is 11.1. The zero-order chi connectivity index (χ0) is 11.7. The average molecular weight is 227 g/mol. The predicted octanol–water partition coefficient (Wildman–Crippen LogP) is 1.43. The monoisotopic (exact) mass is 227 g/mol. The van der Waals surface area contributed by atoms with Gasteiger partial charge in [0, 0.05) is 11.5 Å². The van der Waals surface area contributed by atoms with Crippen molar-refractivity contribution in [3.63, 3.8) is 0 Å². The van der Waals surface area contributed by atoms with E-state index >= 15 is 0 Å². The van der Waals surface area contributed by atoms with Gasteiger partial charge in [0.2, 0.25) is 0 Å². The van der Waals surface area contributed by atoms with Crippen LogP contribution in [-0.2, 0) is 6.54 Å². The van der Waals surface area contributed by atoms with E-state index in [-0.39, 0.29) is 5.63 Å². The summed E-state index contributed by atoms with van der Waals surface area (Å²) >= 11 is 0. The van der Waals surface area contributed by atoms with Gasteiger partial charge in [0.15, 0.2) is 0 Å². The highest BCUT2D eigenvalue weighted by Gasteiger charge is 2.00. The van der Waals surface area contributed by atoms with Gasteiger partial charge in [-0.15, -0.1) is 0 Å². The Morgan fingerprint density at radius 3 is 2.94 bits per heavy atom. The van der Waals surface area contributed by atoms with Crippen molar-refractivity contribution >= 4 is 11.0 Å². The summed E-state index contributed by atoms with van der Waals surface area (Å²) in [6, 6.07) is 8.91. The second-order valence-electron chi connectivity index (χ2n) is 3.72. The Labute approximate surface area is 96.3 Å². The van der Waals surface area contributed by atoms with Crippen LogP contribution in [0.1, 0.15) is 5.56 Å². The first-order valence-electron chi connectivity index (χ1n) is 5.16. The van der Waals surface area contributed by atoms with E-state index in [1.807, 2.05) is 18.2 Å². The van der Waals surface area contributed by atoms with Crippen molar-refractivity contribution in [1.82, 2.24) is 14.8 Å². The van der Waals surface area contributed by atoms with E-state index in [1.54, 1.807) is 17.1 Å². The number of aromatic nitrogens is 3. The lowest BCUT2D eigenvalue weighted by molar-refractivity contribution is 0.560. The minimum atomic E-state index is -0.338. The van der Waals surface area contributed by atoms with Crippen molar-refractivity contribution in [3.8, 4) is 0 Å². The number of hydrogen-bond donors (Lipinski definition) is 0. The molecule has 0 saturated heterocycles. The Morgan fingerprint density at radius 1 is 1.24 bits per heavy atom. The molecular weight excluding hydrogens is 218 g/mol. The molecule has 5 heteroatoms. The van der Waals surface area contributed by atoms with Gasteiger partial charge in [-0.2, -0.15) is 5.10 Å². The second-order valence-corrected chi connectivity index (χ2v) is 3.72. The fraction of sp³-hybridized carbons (Fsp3) is 0.0833. The zero-order valence-electron chi connectivity index (χ0n) is 8.91. The summed E-state index contributed by atoms with van der Waals surface area (Å²) in [6.07, 6.45) is 3.13. The van der Waals surface area contributed by atoms with Crippen LogP contribution in [0.5, 0.6) is 0 Å². The number of benzene rings is 1. The van der Waals surface area contributed by atoms with Crippen molar-refractivity contribution in [1.29, 1.82) is 0 Å². The number of nitrogens with zero attached hydrogens (tertiary/aromatic N) is 3.